The fraction of sp³-hybridized carbons (Fsp3) is 0.750. The number of carbonyl (C=O) groups excluding carboxylic acids is 1. The van der Waals surface area contributed by atoms with Crippen LogP contribution >= 0.6 is 0 Å². The molecule has 0 aliphatic carbocycles. The first-order chi connectivity index (χ1) is 25.0. The minimum absolute atomic E-state index is 0.0174. The Hall–Kier alpha value is -3.08. The number of ether oxygens (including phenoxy) is 12. The number of hydrogen-bond donors (Lipinski definition) is 2. The van der Waals surface area contributed by atoms with Gasteiger partial charge in [-0.15, -0.1) is 0 Å². The number of aliphatic carboxylic acids is 1. The number of benzene rings is 1. The van der Waals surface area contributed by atoms with Gasteiger partial charge in [0.15, 0.2) is 0 Å². The van der Waals surface area contributed by atoms with Gasteiger partial charge in [-0.1, -0.05) is 0 Å². The van der Waals surface area contributed by atoms with Crippen LogP contribution in [0.15, 0.2) is 24.3 Å². The molecule has 0 atom stereocenters. The maximum absolute atomic E-state index is 11.4. The van der Waals surface area contributed by atoms with Crippen LogP contribution in [0.25, 0.3) is 0 Å². The average Bonchev–Trinajstić information content (AvgIpc) is 3.11. The Morgan fingerprint density at radius 3 is 1.18 bits per heavy atom. The summed E-state index contributed by atoms with van der Waals surface area (Å²) in [5, 5.41) is 21.6. The van der Waals surface area contributed by atoms with Crippen LogP contribution in [0.1, 0.15) is 0 Å². The van der Waals surface area contributed by atoms with E-state index in [4.69, 9.17) is 57.2 Å². The molecule has 0 aromatic heterocycles. The molecule has 1 rings (SSSR count). The smallest absolute Gasteiger partial charge is 0.329 e. The lowest BCUT2D eigenvalue weighted by atomic mass is 10.3. The van der Waals surface area contributed by atoms with Crippen molar-refractivity contribution in [2.45, 2.75) is 0 Å². The highest BCUT2D eigenvalue weighted by atomic mass is 16.6. The first-order valence-electron chi connectivity index (χ1n) is 16.7. The molecule has 1 aromatic carbocycles. The van der Waals surface area contributed by atoms with E-state index in [0.717, 1.165) is 0 Å². The van der Waals surface area contributed by atoms with Crippen LogP contribution < -0.4 is 10.1 Å². The number of amides is 1. The Morgan fingerprint density at radius 2 is 0.843 bits per heavy atom. The van der Waals surface area contributed by atoms with Gasteiger partial charge in [0, 0.05) is 18.7 Å². The number of nitro benzene ring substituents is 1. The van der Waals surface area contributed by atoms with Crippen LogP contribution in [0.4, 0.5) is 5.69 Å². The van der Waals surface area contributed by atoms with E-state index in [1.165, 1.54) is 12.1 Å². The molecule has 0 heterocycles. The second kappa shape index (κ2) is 35.3. The molecule has 51 heavy (non-hydrogen) atoms. The molecule has 0 bridgehead atoms. The second-order valence-electron chi connectivity index (χ2n) is 9.96. The fourth-order valence-corrected chi connectivity index (χ4v) is 3.51. The molecule has 1 amide bonds. The monoisotopic (exact) mass is 738 g/mol. The molecule has 0 saturated carbocycles. The summed E-state index contributed by atoms with van der Waals surface area (Å²) in [4.78, 5) is 31.8. The van der Waals surface area contributed by atoms with Gasteiger partial charge in [-0.3, -0.25) is 14.9 Å². The van der Waals surface area contributed by atoms with E-state index in [9.17, 15) is 19.7 Å². The van der Waals surface area contributed by atoms with Crippen molar-refractivity contribution in [2.75, 3.05) is 159 Å². The Labute approximate surface area is 298 Å². The molecule has 0 aliphatic heterocycles. The van der Waals surface area contributed by atoms with Crippen molar-refractivity contribution in [1.82, 2.24) is 5.32 Å². The molecule has 0 unspecified atom stereocenters. The fourth-order valence-electron chi connectivity index (χ4n) is 3.51. The van der Waals surface area contributed by atoms with Crippen LogP contribution in [0.5, 0.6) is 5.75 Å². The lowest BCUT2D eigenvalue weighted by molar-refractivity contribution is -0.384. The highest BCUT2D eigenvalue weighted by Gasteiger charge is 2.05. The van der Waals surface area contributed by atoms with Crippen molar-refractivity contribution in [3.63, 3.8) is 0 Å². The van der Waals surface area contributed by atoms with Gasteiger partial charge in [-0.25, -0.2) is 4.79 Å². The summed E-state index contributed by atoms with van der Waals surface area (Å²) in [7, 11) is 0. The first-order valence-corrected chi connectivity index (χ1v) is 16.7. The molecule has 19 nitrogen and oxygen atoms in total. The topological polar surface area (TPSA) is 220 Å². The molecular formula is C32H54N2O17. The van der Waals surface area contributed by atoms with Gasteiger partial charge in [0.1, 0.15) is 25.6 Å². The normalized spacial score (nSPS) is 11.1. The molecule has 0 radical (unpaired) electrons. The van der Waals surface area contributed by atoms with Crippen molar-refractivity contribution in [2.24, 2.45) is 0 Å². The minimum atomic E-state index is -1.13. The summed E-state index contributed by atoms with van der Waals surface area (Å²) >= 11 is 0. The van der Waals surface area contributed by atoms with Crippen molar-refractivity contribution >= 4 is 17.6 Å². The summed E-state index contributed by atoms with van der Waals surface area (Å²) in [6.45, 7) is 8.45. The van der Waals surface area contributed by atoms with Crippen LogP contribution in [0, 0.1) is 10.1 Å². The number of hydrogen-bond acceptors (Lipinski definition) is 16. The number of carbonyl (C=O) groups is 2. The lowest BCUT2D eigenvalue weighted by Crippen LogP contribution is -2.31. The number of carboxylic acids is 1. The van der Waals surface area contributed by atoms with Gasteiger partial charge in [-0.05, 0) is 12.1 Å². The number of nitrogens with one attached hydrogen (secondary N) is 1. The third-order valence-corrected chi connectivity index (χ3v) is 5.92. The Morgan fingerprint density at radius 1 is 0.510 bits per heavy atom. The SMILES string of the molecule is O=C(O)COCC(=O)NCCOCCOCCOCCOCCOCCOCCOCCOCCOCCOCCOc1ccc([N+](=O)[O-])cc1. The molecule has 0 fully saturated rings. The standard InChI is InChI=1S/C32H54N2O17/c35-31(27-50-28-32(36)37)33-5-6-40-7-8-41-9-10-42-11-12-43-13-14-44-15-16-45-17-18-46-19-20-47-21-22-48-23-24-49-25-26-51-30-3-1-29(2-4-30)34(38)39/h1-4H,5-28H2,(H,33,35)(H,36,37). The van der Waals surface area contributed by atoms with Crippen molar-refractivity contribution in [1.29, 1.82) is 0 Å². The largest absolute Gasteiger partial charge is 0.491 e. The predicted molar refractivity (Wildman–Crippen MR) is 178 cm³/mol. The van der Waals surface area contributed by atoms with Crippen LogP contribution in [-0.2, 0) is 61.7 Å². The summed E-state index contributed by atoms with van der Waals surface area (Å²) in [5.74, 6) is -0.987. The summed E-state index contributed by atoms with van der Waals surface area (Å²) in [5.41, 5.74) is 0.0174. The maximum atomic E-state index is 11.4. The zero-order valence-electron chi connectivity index (χ0n) is 29.2. The molecule has 0 aliphatic rings. The second-order valence-corrected chi connectivity index (χ2v) is 9.96. The van der Waals surface area contributed by atoms with Crippen molar-refractivity contribution in [3.05, 3.63) is 34.4 Å². The van der Waals surface area contributed by atoms with Crippen LogP contribution in [0.3, 0.4) is 0 Å². The Kier molecular flexibility index (Phi) is 31.8. The van der Waals surface area contributed by atoms with E-state index < -0.39 is 23.4 Å². The van der Waals surface area contributed by atoms with Gasteiger partial charge in [0.05, 0.1) is 137 Å². The molecule has 19 heteroatoms. The first kappa shape index (κ1) is 45.9. The van der Waals surface area contributed by atoms with Gasteiger partial charge < -0.3 is 67.3 Å². The Bertz CT molecular complexity index is 974. The minimum Gasteiger partial charge on any atom is -0.491 e. The molecule has 2 N–H and O–H groups in total. The van der Waals surface area contributed by atoms with E-state index in [0.29, 0.717) is 151 Å². The van der Waals surface area contributed by atoms with E-state index in [-0.39, 0.29) is 12.3 Å². The van der Waals surface area contributed by atoms with E-state index in [1.807, 2.05) is 0 Å². The zero-order chi connectivity index (χ0) is 36.9. The Balaban J connectivity index is 1.66. The number of carboxylic acid groups (broad SMARTS) is 1. The van der Waals surface area contributed by atoms with Crippen molar-refractivity contribution in [3.8, 4) is 5.75 Å². The number of nitro groups is 1. The van der Waals surface area contributed by atoms with Gasteiger partial charge >= 0.3 is 5.97 Å². The van der Waals surface area contributed by atoms with Crippen LogP contribution in [-0.4, -0.2) is 180 Å². The summed E-state index contributed by atoms with van der Waals surface area (Å²) < 4.78 is 64.4. The molecular weight excluding hydrogens is 684 g/mol. The van der Waals surface area contributed by atoms with Gasteiger partial charge in [0.2, 0.25) is 5.91 Å². The molecule has 0 saturated heterocycles. The summed E-state index contributed by atoms with van der Waals surface area (Å²) in [6.07, 6.45) is 0. The van der Waals surface area contributed by atoms with E-state index >= 15 is 0 Å². The number of non-ortho nitro benzene ring substituents is 1. The average molecular weight is 739 g/mol. The number of rotatable bonds is 39. The molecule has 294 valence electrons. The van der Waals surface area contributed by atoms with Crippen LogP contribution in [0.2, 0.25) is 0 Å². The van der Waals surface area contributed by atoms with Gasteiger partial charge in [0.25, 0.3) is 5.69 Å². The molecule has 0 spiro atoms. The number of nitrogens with zero attached hydrogens (tertiary/aromatic N) is 1. The zero-order valence-corrected chi connectivity index (χ0v) is 29.2. The maximum Gasteiger partial charge on any atom is 0.329 e. The van der Waals surface area contributed by atoms with Crippen molar-refractivity contribution < 1.29 is 76.5 Å². The quantitative estimate of drug-likeness (QED) is 0.0529. The summed E-state index contributed by atoms with van der Waals surface area (Å²) in [6, 6.07) is 5.88. The lowest BCUT2D eigenvalue weighted by Gasteiger charge is -2.09. The third kappa shape index (κ3) is 32.6. The predicted octanol–water partition coefficient (Wildman–Crippen LogP) is 0.357. The highest BCUT2D eigenvalue weighted by Crippen LogP contribution is 2.17. The van der Waals surface area contributed by atoms with E-state index in [1.54, 1.807) is 12.1 Å². The van der Waals surface area contributed by atoms with Gasteiger partial charge in [-0.2, -0.15) is 0 Å². The highest BCUT2D eigenvalue weighted by molar-refractivity contribution is 5.77. The third-order valence-electron chi connectivity index (χ3n) is 5.92. The molecule has 1 aromatic rings. The van der Waals surface area contributed by atoms with E-state index in [2.05, 4.69) is 10.1 Å².